The van der Waals surface area contributed by atoms with Crippen molar-refractivity contribution in [1.82, 2.24) is 5.43 Å². The van der Waals surface area contributed by atoms with E-state index in [-0.39, 0.29) is 29.5 Å². The third kappa shape index (κ3) is 6.76. The van der Waals surface area contributed by atoms with Gasteiger partial charge < -0.3 is 9.47 Å². The Labute approximate surface area is 173 Å². The van der Waals surface area contributed by atoms with E-state index in [0.29, 0.717) is 30.2 Å². The number of hydrogen-bond donors (Lipinski definition) is 1. The Morgan fingerprint density at radius 1 is 1.24 bits per heavy atom. The summed E-state index contributed by atoms with van der Waals surface area (Å²) in [6, 6.07) is 9.80. The fourth-order valence-corrected chi connectivity index (χ4v) is 2.56. The molecule has 1 amide bonds. The predicted molar refractivity (Wildman–Crippen MR) is 111 cm³/mol. The summed E-state index contributed by atoms with van der Waals surface area (Å²) in [4.78, 5) is 22.9. The lowest BCUT2D eigenvalue weighted by Gasteiger charge is -2.12. The van der Waals surface area contributed by atoms with E-state index in [1.165, 1.54) is 12.3 Å². The van der Waals surface area contributed by atoms with Crippen molar-refractivity contribution in [1.29, 1.82) is 0 Å². The molecule has 29 heavy (non-hydrogen) atoms. The van der Waals surface area contributed by atoms with Crippen molar-refractivity contribution in [3.8, 4) is 11.5 Å². The van der Waals surface area contributed by atoms with Gasteiger partial charge in [0.15, 0.2) is 5.75 Å². The van der Waals surface area contributed by atoms with Crippen molar-refractivity contribution in [3.63, 3.8) is 0 Å². The van der Waals surface area contributed by atoms with E-state index < -0.39 is 4.92 Å². The Morgan fingerprint density at radius 2 is 1.97 bits per heavy atom. The quantitative estimate of drug-likeness (QED) is 0.354. The highest BCUT2D eigenvalue weighted by Crippen LogP contribution is 2.38. The molecule has 8 nitrogen and oxygen atoms in total. The van der Waals surface area contributed by atoms with Crippen molar-refractivity contribution in [2.24, 2.45) is 5.10 Å². The van der Waals surface area contributed by atoms with Crippen LogP contribution >= 0.6 is 11.6 Å². The molecule has 9 heteroatoms. The number of hydrogen-bond acceptors (Lipinski definition) is 6. The van der Waals surface area contributed by atoms with Crippen LogP contribution in [0.5, 0.6) is 11.5 Å². The highest BCUT2D eigenvalue weighted by atomic mass is 35.5. The van der Waals surface area contributed by atoms with Gasteiger partial charge in [-0.25, -0.2) is 5.43 Å². The number of carbonyl (C=O) groups excluding carboxylic acids is 1. The zero-order chi connectivity index (χ0) is 21.2. The first-order valence-corrected chi connectivity index (χ1v) is 9.46. The number of rotatable bonds is 10. The Bertz CT molecular complexity index is 884. The molecule has 0 aliphatic rings. The highest BCUT2D eigenvalue weighted by molar-refractivity contribution is 6.30. The maximum absolute atomic E-state index is 12.0. The Morgan fingerprint density at radius 3 is 2.59 bits per heavy atom. The lowest BCUT2D eigenvalue weighted by molar-refractivity contribution is -0.386. The fourth-order valence-electron chi connectivity index (χ4n) is 2.44. The van der Waals surface area contributed by atoms with Gasteiger partial charge in [0.05, 0.1) is 30.8 Å². The fraction of sp³-hybridized carbons (Fsp3) is 0.300. The molecule has 2 rings (SSSR count). The van der Waals surface area contributed by atoms with Crippen molar-refractivity contribution in [2.75, 3.05) is 13.2 Å². The molecule has 2 aromatic rings. The van der Waals surface area contributed by atoms with Gasteiger partial charge in [-0.2, -0.15) is 5.10 Å². The van der Waals surface area contributed by atoms with Crippen LogP contribution in [0.4, 0.5) is 5.69 Å². The number of halogens is 1. The Hall–Kier alpha value is -3.13. The molecule has 0 unspecified atom stereocenters. The monoisotopic (exact) mass is 419 g/mol. The lowest BCUT2D eigenvalue weighted by atomic mass is 10.1. The largest absolute Gasteiger partial charge is 0.490 e. The average Bonchev–Trinajstić information content (AvgIpc) is 2.68. The molecule has 0 atom stereocenters. The molecule has 0 aliphatic heterocycles. The van der Waals surface area contributed by atoms with Crippen LogP contribution in [0, 0.1) is 10.1 Å². The SMILES string of the molecule is CCCOc1c(OCC)cc(/C=N\NC(=O)Cc2ccc(Cl)cc2)cc1[N+](=O)[O-]. The minimum Gasteiger partial charge on any atom is -0.490 e. The van der Waals surface area contributed by atoms with E-state index in [1.807, 2.05) is 6.92 Å². The van der Waals surface area contributed by atoms with Gasteiger partial charge in [0.1, 0.15) is 0 Å². The second kappa shape index (κ2) is 11.0. The van der Waals surface area contributed by atoms with Crippen LogP contribution in [0.2, 0.25) is 5.02 Å². The second-order valence-corrected chi connectivity index (χ2v) is 6.44. The van der Waals surface area contributed by atoms with Gasteiger partial charge in [-0.15, -0.1) is 0 Å². The molecule has 0 spiro atoms. The normalized spacial score (nSPS) is 10.7. The summed E-state index contributed by atoms with van der Waals surface area (Å²) in [6.45, 7) is 4.32. The number of benzene rings is 2. The summed E-state index contributed by atoms with van der Waals surface area (Å²) in [6.07, 6.45) is 2.15. The maximum Gasteiger partial charge on any atom is 0.315 e. The third-order valence-electron chi connectivity index (χ3n) is 3.69. The van der Waals surface area contributed by atoms with Crippen LogP contribution in [0.1, 0.15) is 31.4 Å². The molecule has 1 N–H and O–H groups in total. The lowest BCUT2D eigenvalue weighted by Crippen LogP contribution is -2.19. The van der Waals surface area contributed by atoms with Crippen LogP contribution < -0.4 is 14.9 Å². The summed E-state index contributed by atoms with van der Waals surface area (Å²) < 4.78 is 11.0. The van der Waals surface area contributed by atoms with E-state index in [4.69, 9.17) is 21.1 Å². The molecule has 0 saturated carbocycles. The average molecular weight is 420 g/mol. The number of nitro groups is 1. The minimum atomic E-state index is -0.538. The van der Waals surface area contributed by atoms with Crippen molar-refractivity contribution in [2.45, 2.75) is 26.7 Å². The van der Waals surface area contributed by atoms with Crippen LogP contribution in [-0.2, 0) is 11.2 Å². The molecule has 0 fully saturated rings. The van der Waals surface area contributed by atoms with Gasteiger partial charge in [0.2, 0.25) is 11.7 Å². The number of nitro benzene ring substituents is 1. The van der Waals surface area contributed by atoms with Gasteiger partial charge in [-0.05, 0) is 37.1 Å². The molecular formula is C20H22ClN3O5. The summed E-state index contributed by atoms with van der Waals surface area (Å²) in [5.41, 5.74) is 3.36. The molecule has 0 radical (unpaired) electrons. The van der Waals surface area contributed by atoms with E-state index in [9.17, 15) is 14.9 Å². The van der Waals surface area contributed by atoms with Crippen molar-refractivity contribution >= 4 is 29.4 Å². The van der Waals surface area contributed by atoms with Crippen LogP contribution in [-0.4, -0.2) is 30.3 Å². The van der Waals surface area contributed by atoms with E-state index in [2.05, 4.69) is 10.5 Å². The first-order valence-electron chi connectivity index (χ1n) is 9.09. The number of nitrogens with one attached hydrogen (secondary N) is 1. The molecule has 0 saturated heterocycles. The Kier molecular flexibility index (Phi) is 8.42. The van der Waals surface area contributed by atoms with Gasteiger partial charge in [-0.1, -0.05) is 30.7 Å². The van der Waals surface area contributed by atoms with Crippen LogP contribution in [0.3, 0.4) is 0 Å². The van der Waals surface area contributed by atoms with Crippen LogP contribution in [0.15, 0.2) is 41.5 Å². The zero-order valence-corrected chi connectivity index (χ0v) is 16.9. The summed E-state index contributed by atoms with van der Waals surface area (Å²) >= 11 is 5.82. The van der Waals surface area contributed by atoms with E-state index >= 15 is 0 Å². The van der Waals surface area contributed by atoms with E-state index in [1.54, 1.807) is 37.3 Å². The van der Waals surface area contributed by atoms with Gasteiger partial charge in [0.25, 0.3) is 0 Å². The zero-order valence-electron chi connectivity index (χ0n) is 16.2. The number of ether oxygens (including phenoxy) is 2. The number of carbonyl (C=O) groups is 1. The van der Waals surface area contributed by atoms with Gasteiger partial charge in [0, 0.05) is 16.7 Å². The highest BCUT2D eigenvalue weighted by Gasteiger charge is 2.22. The smallest absolute Gasteiger partial charge is 0.315 e. The first-order chi connectivity index (χ1) is 13.9. The van der Waals surface area contributed by atoms with Crippen LogP contribution in [0.25, 0.3) is 0 Å². The van der Waals surface area contributed by atoms with E-state index in [0.717, 1.165) is 5.56 Å². The summed E-state index contributed by atoms with van der Waals surface area (Å²) in [5, 5.41) is 15.9. The topological polar surface area (TPSA) is 103 Å². The summed E-state index contributed by atoms with van der Waals surface area (Å²) in [7, 11) is 0. The molecule has 0 aliphatic carbocycles. The van der Waals surface area contributed by atoms with Gasteiger partial charge in [-0.3, -0.25) is 14.9 Å². The predicted octanol–water partition coefficient (Wildman–Crippen LogP) is 4.13. The van der Waals surface area contributed by atoms with Crippen molar-refractivity contribution in [3.05, 3.63) is 62.7 Å². The molecule has 154 valence electrons. The second-order valence-electron chi connectivity index (χ2n) is 6.00. The number of nitrogens with zero attached hydrogens (tertiary/aromatic N) is 2. The molecule has 0 bridgehead atoms. The molecule has 2 aromatic carbocycles. The molecule has 0 aromatic heterocycles. The molecular weight excluding hydrogens is 398 g/mol. The standard InChI is InChI=1S/C20H22ClN3O5/c1-3-9-29-20-17(24(26)27)10-15(11-18(20)28-4-2)13-22-23-19(25)12-14-5-7-16(21)8-6-14/h5-8,10-11,13H,3-4,9,12H2,1-2H3,(H,23,25)/b22-13-. The minimum absolute atomic E-state index is 0.0858. The Balaban J connectivity index is 2.14. The first kappa shape index (κ1) is 22.2. The molecule has 0 heterocycles. The third-order valence-corrected chi connectivity index (χ3v) is 3.94. The number of amides is 1. The summed E-state index contributed by atoms with van der Waals surface area (Å²) in [5.74, 6) is 0.0118. The van der Waals surface area contributed by atoms with Crippen molar-refractivity contribution < 1.29 is 19.2 Å². The van der Waals surface area contributed by atoms with Gasteiger partial charge >= 0.3 is 5.69 Å². The maximum atomic E-state index is 12.0. The number of hydrazone groups is 1.